The minimum Gasteiger partial charge on any atom is -0.246 e. The molecule has 1 heterocycles. The average molecular weight is 350 g/mol. The second-order valence-electron chi connectivity index (χ2n) is 6.15. The maximum Gasteiger partial charge on any atom is 0.267 e. The Hall–Kier alpha value is -2.20. The Bertz CT molecular complexity index is 911. The van der Waals surface area contributed by atoms with Crippen molar-refractivity contribution in [2.24, 2.45) is 5.41 Å². The summed E-state index contributed by atoms with van der Waals surface area (Å²) in [7, 11) is -3.88. The van der Waals surface area contributed by atoms with Crippen LogP contribution in [0.1, 0.15) is 23.2 Å². The molecular formula is C17H16F2N2O2S. The Labute approximate surface area is 139 Å². The van der Waals surface area contributed by atoms with Crippen molar-refractivity contribution in [1.82, 2.24) is 3.97 Å². The number of alkyl halides is 2. The molecule has 0 fully saturated rings. The highest BCUT2D eigenvalue weighted by molar-refractivity contribution is 7.90. The largest absolute Gasteiger partial charge is 0.267 e. The standard InChI is InChI=1S/C17H16F2N2O2S/c1-12-2-4-14(5-3-12)24(22,23)21-9-7-13-6-8-17(11-20,16(18)19)10-15(13)21/h2-5,7,9,16H,6,8,10H2,1H3/t17-/m1/s1. The summed E-state index contributed by atoms with van der Waals surface area (Å²) in [6.45, 7) is 1.85. The number of aromatic nitrogens is 1. The molecule has 4 nitrogen and oxygen atoms in total. The van der Waals surface area contributed by atoms with Crippen LogP contribution in [-0.2, 0) is 22.9 Å². The van der Waals surface area contributed by atoms with Crippen LogP contribution in [0.25, 0.3) is 0 Å². The molecule has 1 aromatic carbocycles. The SMILES string of the molecule is Cc1ccc(S(=O)(=O)n2ccc3c2C[C@](C#N)(C(F)F)CC3)cc1. The molecule has 0 radical (unpaired) electrons. The number of nitrogens with zero attached hydrogens (tertiary/aromatic N) is 2. The van der Waals surface area contributed by atoms with Crippen molar-refractivity contribution in [2.45, 2.75) is 37.5 Å². The van der Waals surface area contributed by atoms with Crippen LogP contribution in [0.15, 0.2) is 41.4 Å². The van der Waals surface area contributed by atoms with Crippen LogP contribution in [-0.4, -0.2) is 18.8 Å². The van der Waals surface area contributed by atoms with Crippen molar-refractivity contribution in [3.05, 3.63) is 53.3 Å². The van der Waals surface area contributed by atoms with Gasteiger partial charge in [0.25, 0.3) is 16.4 Å². The lowest BCUT2D eigenvalue weighted by Gasteiger charge is -2.30. The maximum atomic E-state index is 13.4. The summed E-state index contributed by atoms with van der Waals surface area (Å²) in [4.78, 5) is 0.0941. The van der Waals surface area contributed by atoms with Gasteiger partial charge in [0.05, 0.1) is 11.0 Å². The topological polar surface area (TPSA) is 62.9 Å². The first-order valence-electron chi connectivity index (χ1n) is 7.51. The van der Waals surface area contributed by atoms with Gasteiger partial charge in [0.2, 0.25) is 0 Å². The normalized spacial score (nSPS) is 20.6. The fourth-order valence-corrected chi connectivity index (χ4v) is 4.43. The van der Waals surface area contributed by atoms with E-state index >= 15 is 0 Å². The lowest BCUT2D eigenvalue weighted by Crippen LogP contribution is -2.35. The van der Waals surface area contributed by atoms with Gasteiger partial charge in [-0.25, -0.2) is 21.2 Å². The van der Waals surface area contributed by atoms with E-state index in [1.165, 1.54) is 18.3 Å². The van der Waals surface area contributed by atoms with Crippen LogP contribution in [0.5, 0.6) is 0 Å². The number of hydrogen-bond donors (Lipinski definition) is 0. The molecule has 126 valence electrons. The van der Waals surface area contributed by atoms with Gasteiger partial charge in [-0.3, -0.25) is 0 Å². The molecule has 0 saturated carbocycles. The summed E-state index contributed by atoms with van der Waals surface area (Å²) in [5.41, 5.74) is 0.0805. The van der Waals surface area contributed by atoms with Gasteiger partial charge in [0.15, 0.2) is 0 Å². The first-order valence-corrected chi connectivity index (χ1v) is 8.95. The molecule has 0 aliphatic heterocycles. The van der Waals surface area contributed by atoms with Crippen LogP contribution in [0.2, 0.25) is 0 Å². The molecule has 1 aliphatic rings. The Kier molecular flexibility index (Phi) is 3.96. The Balaban J connectivity index is 2.09. The first-order chi connectivity index (χ1) is 11.3. The minimum absolute atomic E-state index is 0.0305. The van der Waals surface area contributed by atoms with Crippen LogP contribution >= 0.6 is 0 Å². The van der Waals surface area contributed by atoms with Gasteiger partial charge in [0.1, 0.15) is 5.41 Å². The number of rotatable bonds is 3. The highest BCUT2D eigenvalue weighted by atomic mass is 32.2. The summed E-state index contributed by atoms with van der Waals surface area (Å²) in [6, 6.07) is 9.69. The Morgan fingerprint density at radius 2 is 1.92 bits per heavy atom. The van der Waals surface area contributed by atoms with Gasteiger partial charge in [0, 0.05) is 18.3 Å². The highest BCUT2D eigenvalue weighted by Crippen LogP contribution is 2.41. The Morgan fingerprint density at radius 1 is 1.25 bits per heavy atom. The van der Waals surface area contributed by atoms with E-state index < -0.39 is 21.9 Å². The fraction of sp³-hybridized carbons (Fsp3) is 0.353. The number of hydrogen-bond acceptors (Lipinski definition) is 3. The molecule has 1 atom stereocenters. The zero-order chi connectivity index (χ0) is 17.5. The summed E-state index contributed by atoms with van der Waals surface area (Å²) < 4.78 is 53.5. The number of nitriles is 1. The van der Waals surface area contributed by atoms with E-state index in [2.05, 4.69) is 0 Å². The van der Waals surface area contributed by atoms with Gasteiger partial charge < -0.3 is 0 Å². The van der Waals surface area contributed by atoms with Crippen molar-refractivity contribution >= 4 is 10.0 Å². The third-order valence-electron chi connectivity index (χ3n) is 4.59. The molecule has 0 unspecified atom stereocenters. The van der Waals surface area contributed by atoms with E-state index in [0.29, 0.717) is 5.56 Å². The van der Waals surface area contributed by atoms with Crippen molar-refractivity contribution in [3.8, 4) is 6.07 Å². The third kappa shape index (κ3) is 2.51. The van der Waals surface area contributed by atoms with Crippen LogP contribution in [0, 0.1) is 23.7 Å². The lowest BCUT2D eigenvalue weighted by atomic mass is 9.75. The monoisotopic (exact) mass is 350 g/mol. The maximum absolute atomic E-state index is 13.4. The number of fused-ring (bicyclic) bond motifs is 1. The van der Waals surface area contributed by atoms with E-state index in [1.54, 1.807) is 24.3 Å². The van der Waals surface area contributed by atoms with Gasteiger partial charge in [-0.05, 0) is 43.5 Å². The predicted octanol–water partition coefficient (Wildman–Crippen LogP) is 3.30. The number of benzene rings is 1. The quantitative estimate of drug-likeness (QED) is 0.853. The molecule has 1 aliphatic carbocycles. The van der Waals surface area contributed by atoms with Crippen LogP contribution in [0.3, 0.4) is 0 Å². The van der Waals surface area contributed by atoms with Gasteiger partial charge in [-0.1, -0.05) is 17.7 Å². The molecule has 24 heavy (non-hydrogen) atoms. The van der Waals surface area contributed by atoms with E-state index in [1.807, 2.05) is 6.92 Å². The zero-order valence-electron chi connectivity index (χ0n) is 13.0. The van der Waals surface area contributed by atoms with Crippen molar-refractivity contribution in [1.29, 1.82) is 5.26 Å². The smallest absolute Gasteiger partial charge is 0.246 e. The van der Waals surface area contributed by atoms with Crippen LogP contribution in [0.4, 0.5) is 8.78 Å². The molecule has 3 rings (SSSR count). The highest BCUT2D eigenvalue weighted by Gasteiger charge is 2.45. The molecule has 0 bridgehead atoms. The second-order valence-corrected chi connectivity index (χ2v) is 7.96. The summed E-state index contributed by atoms with van der Waals surface area (Å²) in [5, 5.41) is 9.23. The molecule has 0 N–H and O–H groups in total. The van der Waals surface area contributed by atoms with Crippen LogP contribution < -0.4 is 0 Å². The summed E-state index contributed by atoms with van der Waals surface area (Å²) in [5.74, 6) is 0. The van der Waals surface area contributed by atoms with E-state index in [4.69, 9.17) is 0 Å². The molecule has 0 spiro atoms. The first kappa shape index (κ1) is 16.7. The lowest BCUT2D eigenvalue weighted by molar-refractivity contribution is 0.0230. The van der Waals surface area contributed by atoms with Crippen molar-refractivity contribution in [2.75, 3.05) is 0 Å². The molecular weight excluding hydrogens is 334 g/mol. The molecule has 0 amide bonds. The van der Waals surface area contributed by atoms with Gasteiger partial charge in [-0.2, -0.15) is 5.26 Å². The average Bonchev–Trinajstić information content (AvgIpc) is 2.98. The summed E-state index contributed by atoms with van der Waals surface area (Å²) in [6.07, 6.45) is -1.40. The third-order valence-corrected chi connectivity index (χ3v) is 6.32. The van der Waals surface area contributed by atoms with E-state index in [0.717, 1.165) is 9.54 Å². The fourth-order valence-electron chi connectivity index (χ4n) is 3.03. The number of aryl methyl sites for hydroxylation is 2. The van der Waals surface area contributed by atoms with E-state index in [-0.39, 0.29) is 29.9 Å². The van der Waals surface area contributed by atoms with E-state index in [9.17, 15) is 22.5 Å². The second kappa shape index (κ2) is 5.71. The molecule has 2 aromatic rings. The van der Waals surface area contributed by atoms with Crippen molar-refractivity contribution < 1.29 is 17.2 Å². The summed E-state index contributed by atoms with van der Waals surface area (Å²) >= 11 is 0. The number of halogens is 2. The van der Waals surface area contributed by atoms with Gasteiger partial charge in [-0.15, -0.1) is 0 Å². The molecule has 1 aromatic heterocycles. The minimum atomic E-state index is -3.88. The molecule has 7 heteroatoms. The molecule has 0 saturated heterocycles. The zero-order valence-corrected chi connectivity index (χ0v) is 13.9. The van der Waals surface area contributed by atoms with Gasteiger partial charge >= 0.3 is 0 Å². The predicted molar refractivity (Wildman–Crippen MR) is 84.3 cm³/mol. The van der Waals surface area contributed by atoms with Crippen molar-refractivity contribution in [3.63, 3.8) is 0 Å². The Morgan fingerprint density at radius 3 is 2.50 bits per heavy atom.